The standard InChI is InChI=1S/C32H33N5O2/c1-3-7-28(38)36-16-6-17-37(19-18-36)31-29-30(26-15-14-24-8-4-5-9-25(24)21-26)35-39-32(29)34-27(33-31)20-23-12-10-22(2)11-13-23/h4-5,8-15,21H,3,6-7,16-20H2,1-2H3. The van der Waals surface area contributed by atoms with Gasteiger partial charge in [-0.3, -0.25) is 4.79 Å². The normalized spacial score (nSPS) is 14.2. The molecule has 3 aromatic carbocycles. The van der Waals surface area contributed by atoms with Crippen LogP contribution in [-0.4, -0.2) is 52.1 Å². The second kappa shape index (κ2) is 10.8. The van der Waals surface area contributed by atoms with Crippen molar-refractivity contribution in [2.45, 2.75) is 39.5 Å². The Morgan fingerprint density at radius 2 is 1.74 bits per heavy atom. The number of aryl methyl sites for hydroxylation is 1. The summed E-state index contributed by atoms with van der Waals surface area (Å²) in [5, 5.41) is 7.65. The number of aromatic nitrogens is 3. The Balaban J connectivity index is 1.42. The summed E-state index contributed by atoms with van der Waals surface area (Å²) < 4.78 is 5.87. The molecular weight excluding hydrogens is 486 g/mol. The summed E-state index contributed by atoms with van der Waals surface area (Å²) in [6.07, 6.45) is 2.94. The molecule has 0 N–H and O–H groups in total. The van der Waals surface area contributed by atoms with Gasteiger partial charge in [0.1, 0.15) is 22.7 Å². The van der Waals surface area contributed by atoms with E-state index in [4.69, 9.17) is 14.5 Å². The molecule has 6 rings (SSSR count). The van der Waals surface area contributed by atoms with Gasteiger partial charge in [0.15, 0.2) is 0 Å². The van der Waals surface area contributed by atoms with Gasteiger partial charge < -0.3 is 14.3 Å². The van der Waals surface area contributed by atoms with Gasteiger partial charge >= 0.3 is 0 Å². The molecule has 0 aliphatic carbocycles. The minimum atomic E-state index is 0.231. The van der Waals surface area contributed by atoms with Crippen LogP contribution >= 0.6 is 0 Å². The number of anilines is 1. The van der Waals surface area contributed by atoms with Crippen LogP contribution in [0.25, 0.3) is 33.1 Å². The summed E-state index contributed by atoms with van der Waals surface area (Å²) in [7, 11) is 0. The fraction of sp³-hybridized carbons (Fsp3) is 0.312. The van der Waals surface area contributed by atoms with Crippen LogP contribution in [0.15, 0.2) is 71.3 Å². The fourth-order valence-electron chi connectivity index (χ4n) is 5.36. The number of benzene rings is 3. The lowest BCUT2D eigenvalue weighted by Crippen LogP contribution is -2.35. The summed E-state index contributed by atoms with van der Waals surface area (Å²) in [6.45, 7) is 7.08. The molecule has 0 spiro atoms. The number of hydrogen-bond acceptors (Lipinski definition) is 6. The molecular formula is C32H33N5O2. The first-order valence-corrected chi connectivity index (χ1v) is 13.8. The van der Waals surface area contributed by atoms with Gasteiger partial charge in [-0.15, -0.1) is 0 Å². The molecule has 0 radical (unpaired) electrons. The van der Waals surface area contributed by atoms with E-state index in [2.05, 4.69) is 78.5 Å². The molecule has 1 saturated heterocycles. The van der Waals surface area contributed by atoms with E-state index in [0.29, 0.717) is 37.5 Å². The van der Waals surface area contributed by atoms with E-state index in [1.165, 1.54) is 10.9 Å². The molecule has 0 bridgehead atoms. The highest BCUT2D eigenvalue weighted by molar-refractivity contribution is 6.00. The minimum absolute atomic E-state index is 0.231. The van der Waals surface area contributed by atoms with Gasteiger partial charge in [0.05, 0.1) is 0 Å². The third-order valence-electron chi connectivity index (χ3n) is 7.48. The Bertz CT molecular complexity index is 1630. The Hall–Kier alpha value is -4.26. The second-order valence-corrected chi connectivity index (χ2v) is 10.4. The summed E-state index contributed by atoms with van der Waals surface area (Å²) in [6, 6.07) is 23.1. The molecule has 1 aliphatic rings. The Morgan fingerprint density at radius 3 is 2.56 bits per heavy atom. The molecule has 7 heteroatoms. The van der Waals surface area contributed by atoms with E-state index < -0.39 is 0 Å². The van der Waals surface area contributed by atoms with Crippen molar-refractivity contribution in [3.8, 4) is 11.3 Å². The van der Waals surface area contributed by atoms with Crippen LogP contribution in [0, 0.1) is 6.92 Å². The number of fused-ring (bicyclic) bond motifs is 2. The van der Waals surface area contributed by atoms with Crippen molar-refractivity contribution in [2.75, 3.05) is 31.1 Å². The zero-order chi connectivity index (χ0) is 26.8. The second-order valence-electron chi connectivity index (χ2n) is 10.4. The maximum absolute atomic E-state index is 12.6. The Kier molecular flexibility index (Phi) is 6.97. The fourth-order valence-corrected chi connectivity index (χ4v) is 5.36. The monoisotopic (exact) mass is 519 g/mol. The van der Waals surface area contributed by atoms with Crippen LogP contribution in [0.2, 0.25) is 0 Å². The van der Waals surface area contributed by atoms with Crippen molar-refractivity contribution in [1.82, 2.24) is 20.0 Å². The van der Waals surface area contributed by atoms with Crippen molar-refractivity contribution < 1.29 is 9.32 Å². The van der Waals surface area contributed by atoms with E-state index in [9.17, 15) is 4.79 Å². The molecule has 198 valence electrons. The topological polar surface area (TPSA) is 75.4 Å². The number of hydrogen-bond donors (Lipinski definition) is 0. The lowest BCUT2D eigenvalue weighted by molar-refractivity contribution is -0.131. The Labute approximate surface area is 228 Å². The van der Waals surface area contributed by atoms with Gasteiger partial charge in [-0.1, -0.05) is 78.3 Å². The average Bonchev–Trinajstić information content (AvgIpc) is 3.22. The maximum Gasteiger partial charge on any atom is 0.263 e. The van der Waals surface area contributed by atoms with Crippen molar-refractivity contribution >= 4 is 33.6 Å². The summed E-state index contributed by atoms with van der Waals surface area (Å²) in [4.78, 5) is 26.9. The molecule has 3 heterocycles. The van der Waals surface area contributed by atoms with E-state index in [1.807, 2.05) is 17.0 Å². The van der Waals surface area contributed by atoms with Gasteiger partial charge in [-0.05, 0) is 42.2 Å². The van der Waals surface area contributed by atoms with Crippen LogP contribution in [0.4, 0.5) is 5.82 Å². The van der Waals surface area contributed by atoms with Crippen LogP contribution in [0.5, 0.6) is 0 Å². The summed E-state index contributed by atoms with van der Waals surface area (Å²) in [5.41, 5.74) is 4.58. The molecule has 39 heavy (non-hydrogen) atoms. The molecule has 0 unspecified atom stereocenters. The maximum atomic E-state index is 12.6. The molecule has 0 atom stereocenters. The van der Waals surface area contributed by atoms with E-state index in [0.717, 1.165) is 59.3 Å². The zero-order valence-corrected chi connectivity index (χ0v) is 22.6. The van der Waals surface area contributed by atoms with Crippen LogP contribution < -0.4 is 4.90 Å². The van der Waals surface area contributed by atoms with Gasteiger partial charge in [-0.2, -0.15) is 4.98 Å². The van der Waals surface area contributed by atoms with E-state index in [1.54, 1.807) is 0 Å². The number of carbonyl (C=O) groups excluding carboxylic acids is 1. The lowest BCUT2D eigenvalue weighted by Gasteiger charge is -2.24. The molecule has 0 saturated carbocycles. The van der Waals surface area contributed by atoms with Crippen molar-refractivity contribution in [3.05, 3.63) is 83.7 Å². The van der Waals surface area contributed by atoms with Crippen molar-refractivity contribution in [2.24, 2.45) is 0 Å². The van der Waals surface area contributed by atoms with E-state index in [-0.39, 0.29) is 5.91 Å². The van der Waals surface area contributed by atoms with Gasteiger partial charge in [0.25, 0.3) is 5.71 Å². The SMILES string of the molecule is CCCC(=O)N1CCCN(c2nc(Cc3ccc(C)cc3)nc3onc(-c4ccc5ccccc5c4)c23)CC1. The van der Waals surface area contributed by atoms with Crippen molar-refractivity contribution in [1.29, 1.82) is 0 Å². The quantitative estimate of drug-likeness (QED) is 0.267. The van der Waals surface area contributed by atoms with Crippen LogP contribution in [0.1, 0.15) is 43.1 Å². The predicted octanol–water partition coefficient (Wildman–Crippen LogP) is 6.18. The third kappa shape index (κ3) is 5.21. The largest absolute Gasteiger partial charge is 0.354 e. The zero-order valence-electron chi connectivity index (χ0n) is 22.6. The van der Waals surface area contributed by atoms with Gasteiger partial charge in [-0.25, -0.2) is 4.98 Å². The molecule has 1 amide bonds. The van der Waals surface area contributed by atoms with E-state index >= 15 is 0 Å². The number of nitrogens with zero attached hydrogens (tertiary/aromatic N) is 5. The average molecular weight is 520 g/mol. The predicted molar refractivity (Wildman–Crippen MR) is 155 cm³/mol. The molecule has 5 aromatic rings. The van der Waals surface area contributed by atoms with Gasteiger partial charge in [0, 0.05) is 44.6 Å². The summed E-state index contributed by atoms with van der Waals surface area (Å²) in [5.74, 6) is 1.76. The first-order chi connectivity index (χ1) is 19.1. The summed E-state index contributed by atoms with van der Waals surface area (Å²) >= 11 is 0. The number of amides is 1. The molecule has 2 aromatic heterocycles. The van der Waals surface area contributed by atoms with Crippen LogP contribution in [-0.2, 0) is 11.2 Å². The molecule has 1 aliphatic heterocycles. The highest BCUT2D eigenvalue weighted by atomic mass is 16.5. The Morgan fingerprint density at radius 1 is 0.923 bits per heavy atom. The first kappa shape index (κ1) is 25.0. The highest BCUT2D eigenvalue weighted by Crippen LogP contribution is 2.35. The number of carbonyl (C=O) groups is 1. The van der Waals surface area contributed by atoms with Crippen molar-refractivity contribution in [3.63, 3.8) is 0 Å². The highest BCUT2D eigenvalue weighted by Gasteiger charge is 2.26. The number of rotatable bonds is 6. The molecule has 1 fully saturated rings. The first-order valence-electron chi connectivity index (χ1n) is 13.8. The minimum Gasteiger partial charge on any atom is -0.354 e. The third-order valence-corrected chi connectivity index (χ3v) is 7.48. The van der Waals surface area contributed by atoms with Gasteiger partial charge in [0.2, 0.25) is 5.91 Å². The lowest BCUT2D eigenvalue weighted by atomic mass is 10.0. The smallest absolute Gasteiger partial charge is 0.263 e. The van der Waals surface area contributed by atoms with Crippen LogP contribution in [0.3, 0.4) is 0 Å². The molecule has 7 nitrogen and oxygen atoms in total.